The molecule has 0 aliphatic carbocycles. The third-order valence-electron chi connectivity index (χ3n) is 4.91. The van der Waals surface area contributed by atoms with E-state index < -0.39 is 17.1 Å². The minimum absolute atomic E-state index is 0.0109. The van der Waals surface area contributed by atoms with Crippen LogP contribution in [0.25, 0.3) is 0 Å². The lowest BCUT2D eigenvalue weighted by Gasteiger charge is -2.37. The van der Waals surface area contributed by atoms with Gasteiger partial charge in [0.1, 0.15) is 11.6 Å². The number of nitrogens with zero attached hydrogens (tertiary/aromatic N) is 4. The van der Waals surface area contributed by atoms with E-state index in [0.717, 1.165) is 11.0 Å². The Morgan fingerprint density at radius 2 is 2.04 bits per heavy atom. The smallest absolute Gasteiger partial charge is 0.332 e. The summed E-state index contributed by atoms with van der Waals surface area (Å²) < 4.78 is 16.1. The quantitative estimate of drug-likeness (QED) is 0.860. The predicted octanol–water partition coefficient (Wildman–Crippen LogP) is 0.780. The van der Waals surface area contributed by atoms with E-state index in [-0.39, 0.29) is 18.2 Å². The third-order valence-corrected chi connectivity index (χ3v) is 4.91. The molecular weight excluding hydrogens is 349 g/mol. The molecule has 8 heteroatoms. The van der Waals surface area contributed by atoms with E-state index in [1.807, 2.05) is 11.0 Å². The molecule has 1 fully saturated rings. The monoisotopic (exact) mass is 371 g/mol. The van der Waals surface area contributed by atoms with Gasteiger partial charge in [-0.2, -0.15) is 5.26 Å². The summed E-state index contributed by atoms with van der Waals surface area (Å²) in [7, 11) is 1.40. The SMILES string of the molecule is CC1C[C@@H](N)CN(c2cc(=O)n(C)c(=O)n2Cc2cc(F)ccc2C#N)C1. The first kappa shape index (κ1) is 18.9. The van der Waals surface area contributed by atoms with Crippen molar-refractivity contribution in [2.24, 2.45) is 18.7 Å². The molecule has 142 valence electrons. The molecule has 2 atom stereocenters. The summed E-state index contributed by atoms with van der Waals surface area (Å²) in [4.78, 5) is 26.9. The van der Waals surface area contributed by atoms with E-state index >= 15 is 0 Å². The van der Waals surface area contributed by atoms with Gasteiger partial charge >= 0.3 is 5.69 Å². The van der Waals surface area contributed by atoms with Gasteiger partial charge < -0.3 is 10.6 Å². The van der Waals surface area contributed by atoms with Crippen LogP contribution in [-0.2, 0) is 13.6 Å². The van der Waals surface area contributed by atoms with E-state index in [0.29, 0.717) is 30.4 Å². The number of aromatic nitrogens is 2. The normalized spacial score (nSPS) is 19.7. The van der Waals surface area contributed by atoms with E-state index in [4.69, 9.17) is 5.73 Å². The molecule has 1 aliphatic heterocycles. The first-order valence-electron chi connectivity index (χ1n) is 8.80. The fourth-order valence-corrected chi connectivity index (χ4v) is 3.63. The minimum atomic E-state index is -0.516. The van der Waals surface area contributed by atoms with Crippen molar-refractivity contribution < 1.29 is 4.39 Å². The molecule has 1 aromatic carbocycles. The number of piperidine rings is 1. The van der Waals surface area contributed by atoms with Crippen LogP contribution in [0.4, 0.5) is 10.2 Å². The number of hydrogen-bond donors (Lipinski definition) is 1. The lowest BCUT2D eigenvalue weighted by atomic mass is 9.96. The van der Waals surface area contributed by atoms with Crippen molar-refractivity contribution in [3.05, 3.63) is 62.0 Å². The van der Waals surface area contributed by atoms with Crippen LogP contribution >= 0.6 is 0 Å². The molecule has 3 rings (SSSR count). The topological polar surface area (TPSA) is 97.0 Å². The van der Waals surface area contributed by atoms with Gasteiger partial charge in [0.25, 0.3) is 5.56 Å². The van der Waals surface area contributed by atoms with Crippen molar-refractivity contribution in [2.45, 2.75) is 25.9 Å². The molecule has 2 aromatic rings. The number of benzene rings is 1. The van der Waals surface area contributed by atoms with Crippen LogP contribution in [0.2, 0.25) is 0 Å². The fraction of sp³-hybridized carbons (Fsp3) is 0.421. The van der Waals surface area contributed by atoms with Gasteiger partial charge in [0, 0.05) is 32.2 Å². The molecule has 27 heavy (non-hydrogen) atoms. The summed E-state index contributed by atoms with van der Waals surface area (Å²) in [5, 5.41) is 9.30. The highest BCUT2D eigenvalue weighted by Gasteiger charge is 2.25. The van der Waals surface area contributed by atoms with Crippen molar-refractivity contribution in [3.63, 3.8) is 0 Å². The highest BCUT2D eigenvalue weighted by atomic mass is 19.1. The Morgan fingerprint density at radius 1 is 1.30 bits per heavy atom. The van der Waals surface area contributed by atoms with Crippen LogP contribution in [0.3, 0.4) is 0 Å². The average molecular weight is 371 g/mol. The summed E-state index contributed by atoms with van der Waals surface area (Å²) >= 11 is 0. The number of hydrogen-bond acceptors (Lipinski definition) is 5. The Balaban J connectivity index is 2.14. The van der Waals surface area contributed by atoms with Crippen molar-refractivity contribution in [3.8, 4) is 6.07 Å². The number of rotatable bonds is 3. The molecule has 7 nitrogen and oxygen atoms in total. The summed E-state index contributed by atoms with van der Waals surface area (Å²) in [6, 6.07) is 7.18. The van der Waals surface area contributed by atoms with E-state index in [9.17, 15) is 19.2 Å². The summed E-state index contributed by atoms with van der Waals surface area (Å²) in [5.41, 5.74) is 5.85. The van der Waals surface area contributed by atoms with Crippen LogP contribution in [0.15, 0.2) is 33.9 Å². The maximum atomic E-state index is 13.7. The number of nitrogens with two attached hydrogens (primary N) is 1. The van der Waals surface area contributed by atoms with Crippen molar-refractivity contribution in [1.82, 2.24) is 9.13 Å². The van der Waals surface area contributed by atoms with Gasteiger partial charge in [-0.3, -0.25) is 13.9 Å². The highest BCUT2D eigenvalue weighted by molar-refractivity contribution is 5.43. The second kappa shape index (κ2) is 7.37. The van der Waals surface area contributed by atoms with Crippen LogP contribution in [0, 0.1) is 23.1 Å². The second-order valence-corrected chi connectivity index (χ2v) is 7.19. The first-order valence-corrected chi connectivity index (χ1v) is 8.80. The zero-order chi connectivity index (χ0) is 19.7. The minimum Gasteiger partial charge on any atom is -0.356 e. The van der Waals surface area contributed by atoms with Gasteiger partial charge in [-0.25, -0.2) is 9.18 Å². The Morgan fingerprint density at radius 3 is 2.70 bits per heavy atom. The van der Waals surface area contributed by atoms with Crippen LogP contribution in [0.5, 0.6) is 0 Å². The molecule has 0 amide bonds. The molecule has 1 unspecified atom stereocenters. The molecule has 1 saturated heterocycles. The molecule has 0 radical (unpaired) electrons. The lowest BCUT2D eigenvalue weighted by Crippen LogP contribution is -2.50. The van der Waals surface area contributed by atoms with Crippen molar-refractivity contribution in [2.75, 3.05) is 18.0 Å². The van der Waals surface area contributed by atoms with Gasteiger partial charge in [-0.15, -0.1) is 0 Å². The standard InChI is InChI=1S/C19H22FN5O2/c1-12-5-16(22)11-24(9-12)17-7-18(26)23(2)19(27)25(17)10-14-6-15(20)4-3-13(14)8-21/h3-4,6-7,12,16H,5,9-11,22H2,1-2H3/t12?,16-/m1/s1. The number of halogens is 1. The van der Waals surface area contributed by atoms with Crippen LogP contribution in [0.1, 0.15) is 24.5 Å². The third kappa shape index (κ3) is 3.78. The maximum Gasteiger partial charge on any atom is 0.332 e. The van der Waals surface area contributed by atoms with Crippen molar-refractivity contribution >= 4 is 5.82 Å². The number of nitriles is 1. The first-order chi connectivity index (χ1) is 12.8. The van der Waals surface area contributed by atoms with Crippen LogP contribution < -0.4 is 21.9 Å². The summed E-state index contributed by atoms with van der Waals surface area (Å²) in [6.07, 6.45) is 0.869. The zero-order valence-electron chi connectivity index (χ0n) is 15.4. The lowest BCUT2D eigenvalue weighted by molar-refractivity contribution is 0.395. The molecule has 0 bridgehead atoms. The summed E-state index contributed by atoms with van der Waals surface area (Å²) in [6.45, 7) is 3.23. The Labute approximate surface area is 156 Å². The predicted molar refractivity (Wildman–Crippen MR) is 100 cm³/mol. The van der Waals surface area contributed by atoms with Crippen LogP contribution in [-0.4, -0.2) is 28.3 Å². The molecule has 0 saturated carbocycles. The van der Waals surface area contributed by atoms with E-state index in [1.54, 1.807) is 0 Å². The van der Waals surface area contributed by atoms with E-state index in [2.05, 4.69) is 6.92 Å². The average Bonchev–Trinajstić information content (AvgIpc) is 2.61. The molecule has 1 aromatic heterocycles. The van der Waals surface area contributed by atoms with Gasteiger partial charge in [0.05, 0.1) is 18.2 Å². The largest absolute Gasteiger partial charge is 0.356 e. The Hall–Kier alpha value is -2.92. The molecular formula is C19H22FN5O2. The molecule has 1 aliphatic rings. The van der Waals surface area contributed by atoms with Crippen molar-refractivity contribution in [1.29, 1.82) is 5.26 Å². The highest BCUT2D eigenvalue weighted by Crippen LogP contribution is 2.22. The number of anilines is 1. The summed E-state index contributed by atoms with van der Waals surface area (Å²) in [5.74, 6) is 0.264. The van der Waals surface area contributed by atoms with Gasteiger partial charge in [-0.05, 0) is 36.1 Å². The zero-order valence-corrected chi connectivity index (χ0v) is 15.4. The fourth-order valence-electron chi connectivity index (χ4n) is 3.63. The molecule has 2 N–H and O–H groups in total. The Kier molecular flexibility index (Phi) is 5.15. The van der Waals surface area contributed by atoms with Gasteiger partial charge in [0.15, 0.2) is 0 Å². The van der Waals surface area contributed by atoms with E-state index in [1.165, 1.54) is 35.9 Å². The van der Waals surface area contributed by atoms with Gasteiger partial charge in [-0.1, -0.05) is 6.92 Å². The van der Waals surface area contributed by atoms with Gasteiger partial charge in [0.2, 0.25) is 0 Å². The Bertz CT molecular complexity index is 1010. The molecule has 0 spiro atoms. The molecule has 2 heterocycles. The second-order valence-electron chi connectivity index (χ2n) is 7.19. The maximum absolute atomic E-state index is 13.7.